The van der Waals surface area contributed by atoms with Crippen LogP contribution < -0.4 is 0 Å². The summed E-state index contributed by atoms with van der Waals surface area (Å²) >= 11 is 1.64. The lowest BCUT2D eigenvalue weighted by molar-refractivity contribution is -0.212. The Kier molecular flexibility index (Phi) is 3.36. The topological polar surface area (TPSA) is 18.5 Å². The second-order valence-electron chi connectivity index (χ2n) is 5.70. The zero-order valence-corrected chi connectivity index (χ0v) is 12.1. The van der Waals surface area contributed by atoms with E-state index >= 15 is 0 Å². The van der Waals surface area contributed by atoms with Crippen molar-refractivity contribution in [1.82, 2.24) is 0 Å². The van der Waals surface area contributed by atoms with Gasteiger partial charge in [0, 0.05) is 17.1 Å². The minimum absolute atomic E-state index is 0.365. The molecule has 104 valence electrons. The number of alkyl halides is 1. The van der Waals surface area contributed by atoms with Gasteiger partial charge in [-0.1, -0.05) is 17.7 Å². The van der Waals surface area contributed by atoms with Gasteiger partial charge in [0.05, 0.1) is 6.61 Å². The molecule has 3 atom stereocenters. The number of halogens is 1. The number of fused-ring (bicyclic) bond motifs is 2. The van der Waals surface area contributed by atoms with Gasteiger partial charge in [-0.05, 0) is 32.4 Å². The molecular formula is C15H19FO2S. The molecule has 2 fully saturated rings. The molecule has 2 saturated heterocycles. The summed E-state index contributed by atoms with van der Waals surface area (Å²) in [6.45, 7) is 4.34. The van der Waals surface area contributed by atoms with Crippen LogP contribution in [-0.2, 0) is 9.47 Å². The van der Waals surface area contributed by atoms with Crippen LogP contribution in [0.1, 0.15) is 25.3 Å². The summed E-state index contributed by atoms with van der Waals surface area (Å²) < 4.78 is 25.8. The molecule has 0 unspecified atom stereocenters. The molecule has 2 heterocycles. The van der Waals surface area contributed by atoms with Crippen molar-refractivity contribution in [2.45, 2.75) is 49.1 Å². The highest BCUT2D eigenvalue weighted by Gasteiger charge is 2.56. The third kappa shape index (κ3) is 2.54. The van der Waals surface area contributed by atoms with Gasteiger partial charge in [-0.15, -0.1) is 11.8 Å². The molecule has 4 heteroatoms. The number of thioether (sulfide) groups is 1. The van der Waals surface area contributed by atoms with Crippen LogP contribution in [0, 0.1) is 6.92 Å². The Labute approximate surface area is 117 Å². The van der Waals surface area contributed by atoms with Gasteiger partial charge in [0.2, 0.25) is 0 Å². The average Bonchev–Trinajstić information content (AvgIpc) is 2.69. The van der Waals surface area contributed by atoms with E-state index in [4.69, 9.17) is 9.47 Å². The van der Waals surface area contributed by atoms with Gasteiger partial charge in [0.15, 0.2) is 5.79 Å². The first kappa shape index (κ1) is 13.4. The third-order valence-corrected chi connectivity index (χ3v) is 5.21. The average molecular weight is 282 g/mol. The second kappa shape index (κ2) is 4.76. The standard InChI is InChI=1S/C15H19FO2S/c1-11-3-5-12(6-4-11)19-10-15-9-17-14(2,18-15)8-7-13(15)16/h3-6,13H,7-10H2,1-2H3/t13-,14-,15+/m1/s1. The minimum Gasteiger partial charge on any atom is -0.347 e. The molecule has 2 bridgehead atoms. The van der Waals surface area contributed by atoms with Crippen LogP contribution >= 0.6 is 11.8 Å². The number of benzene rings is 1. The zero-order chi connectivity index (χ0) is 13.5. The fourth-order valence-corrected chi connectivity index (χ4v) is 3.76. The number of rotatable bonds is 3. The van der Waals surface area contributed by atoms with Gasteiger partial charge in [0.1, 0.15) is 11.8 Å². The van der Waals surface area contributed by atoms with Crippen molar-refractivity contribution < 1.29 is 13.9 Å². The molecule has 0 N–H and O–H groups in total. The Morgan fingerprint density at radius 3 is 2.84 bits per heavy atom. The second-order valence-corrected chi connectivity index (χ2v) is 6.75. The number of hydrogen-bond donors (Lipinski definition) is 0. The van der Waals surface area contributed by atoms with Gasteiger partial charge >= 0.3 is 0 Å². The summed E-state index contributed by atoms with van der Waals surface area (Å²) in [5.41, 5.74) is 0.472. The summed E-state index contributed by atoms with van der Waals surface area (Å²) in [7, 11) is 0. The Bertz CT molecular complexity index is 464. The van der Waals surface area contributed by atoms with Gasteiger partial charge in [-0.25, -0.2) is 4.39 Å². The van der Waals surface area contributed by atoms with Crippen molar-refractivity contribution in [2.24, 2.45) is 0 Å². The maximum Gasteiger partial charge on any atom is 0.166 e. The van der Waals surface area contributed by atoms with E-state index < -0.39 is 17.6 Å². The largest absolute Gasteiger partial charge is 0.347 e. The molecule has 0 radical (unpaired) electrons. The number of hydrogen-bond acceptors (Lipinski definition) is 3. The monoisotopic (exact) mass is 282 g/mol. The predicted molar refractivity (Wildman–Crippen MR) is 74.2 cm³/mol. The zero-order valence-electron chi connectivity index (χ0n) is 11.3. The summed E-state index contributed by atoms with van der Waals surface area (Å²) in [5, 5.41) is 0. The smallest absolute Gasteiger partial charge is 0.166 e. The molecule has 0 aliphatic carbocycles. The lowest BCUT2D eigenvalue weighted by atomic mass is 9.93. The van der Waals surface area contributed by atoms with E-state index in [2.05, 4.69) is 31.2 Å². The third-order valence-electron chi connectivity index (χ3n) is 3.97. The maximum absolute atomic E-state index is 14.2. The summed E-state index contributed by atoms with van der Waals surface area (Å²) in [6, 6.07) is 8.29. The van der Waals surface area contributed by atoms with Crippen molar-refractivity contribution in [3.63, 3.8) is 0 Å². The van der Waals surface area contributed by atoms with Crippen LogP contribution in [0.4, 0.5) is 4.39 Å². The normalized spacial score (nSPS) is 37.5. The minimum atomic E-state index is -0.930. The van der Waals surface area contributed by atoms with Crippen LogP contribution in [0.5, 0.6) is 0 Å². The van der Waals surface area contributed by atoms with E-state index in [0.29, 0.717) is 25.2 Å². The highest BCUT2D eigenvalue weighted by molar-refractivity contribution is 7.99. The molecule has 0 spiro atoms. The van der Waals surface area contributed by atoms with Gasteiger partial charge < -0.3 is 9.47 Å². The van der Waals surface area contributed by atoms with Crippen molar-refractivity contribution in [3.05, 3.63) is 29.8 Å². The van der Waals surface area contributed by atoms with Gasteiger partial charge in [-0.3, -0.25) is 0 Å². The SMILES string of the molecule is Cc1ccc(SC[C@@]23CO[C@@](C)(CC[C@H]2F)O3)cc1. The van der Waals surface area contributed by atoms with Crippen LogP contribution in [0.2, 0.25) is 0 Å². The fraction of sp³-hybridized carbons (Fsp3) is 0.600. The molecule has 0 saturated carbocycles. The van der Waals surface area contributed by atoms with Gasteiger partial charge in [-0.2, -0.15) is 0 Å². The van der Waals surface area contributed by atoms with Gasteiger partial charge in [0.25, 0.3) is 0 Å². The first-order chi connectivity index (χ1) is 9.01. The fourth-order valence-electron chi connectivity index (χ4n) is 2.69. The molecule has 0 aromatic heterocycles. The number of aryl methyl sites for hydroxylation is 1. The van der Waals surface area contributed by atoms with Crippen molar-refractivity contribution in [1.29, 1.82) is 0 Å². The molecule has 2 aliphatic rings. The molecule has 19 heavy (non-hydrogen) atoms. The first-order valence-corrected chi connectivity index (χ1v) is 7.68. The van der Waals surface area contributed by atoms with Crippen molar-refractivity contribution in [3.8, 4) is 0 Å². The predicted octanol–water partition coefficient (Wildman–Crippen LogP) is 3.72. The van der Waals surface area contributed by atoms with E-state index in [-0.39, 0.29) is 0 Å². The molecule has 1 aromatic rings. The van der Waals surface area contributed by atoms with Crippen LogP contribution in [0.25, 0.3) is 0 Å². The summed E-state index contributed by atoms with van der Waals surface area (Å²) in [4.78, 5) is 1.15. The van der Waals surface area contributed by atoms with Crippen molar-refractivity contribution >= 4 is 11.8 Å². The van der Waals surface area contributed by atoms with E-state index in [0.717, 1.165) is 4.90 Å². The quantitative estimate of drug-likeness (QED) is 0.787. The van der Waals surface area contributed by atoms with E-state index in [1.807, 2.05) is 6.92 Å². The van der Waals surface area contributed by atoms with Crippen LogP contribution in [-0.4, -0.2) is 29.9 Å². The van der Waals surface area contributed by atoms with E-state index in [9.17, 15) is 4.39 Å². The highest BCUT2D eigenvalue weighted by Crippen LogP contribution is 2.46. The molecule has 3 rings (SSSR count). The molecule has 2 aliphatic heterocycles. The first-order valence-electron chi connectivity index (χ1n) is 6.69. The lowest BCUT2D eigenvalue weighted by Crippen LogP contribution is -2.50. The van der Waals surface area contributed by atoms with Crippen molar-refractivity contribution in [2.75, 3.05) is 12.4 Å². The maximum atomic E-state index is 14.2. The summed E-state index contributed by atoms with van der Waals surface area (Å²) in [6.07, 6.45) is 0.247. The molecule has 0 amide bonds. The van der Waals surface area contributed by atoms with Crippen LogP contribution in [0.3, 0.4) is 0 Å². The lowest BCUT2D eigenvalue weighted by Gasteiger charge is -2.38. The Hall–Kier alpha value is -0.580. The number of ether oxygens (including phenoxy) is 2. The highest BCUT2D eigenvalue weighted by atomic mass is 32.2. The Morgan fingerprint density at radius 2 is 2.11 bits per heavy atom. The van der Waals surface area contributed by atoms with E-state index in [1.54, 1.807) is 11.8 Å². The molecule has 2 nitrogen and oxygen atoms in total. The Morgan fingerprint density at radius 1 is 1.37 bits per heavy atom. The summed E-state index contributed by atoms with van der Waals surface area (Å²) in [5.74, 6) is 0.0310. The molecule has 1 aromatic carbocycles. The van der Waals surface area contributed by atoms with Crippen LogP contribution in [0.15, 0.2) is 29.2 Å². The van der Waals surface area contributed by atoms with E-state index in [1.165, 1.54) is 5.56 Å². The molecular weight excluding hydrogens is 263 g/mol. The Balaban J connectivity index is 1.70.